The molecule has 2 aromatic heterocycles. The van der Waals surface area contributed by atoms with Crippen molar-refractivity contribution in [3.8, 4) is 11.1 Å². The number of hydrogen-bond donors (Lipinski definition) is 4. The normalized spacial score (nSPS) is 21.2. The fraction of sp³-hybridized carbons (Fsp3) is 0.609. The lowest BCUT2D eigenvalue weighted by molar-refractivity contribution is -0.124. The Hall–Kier alpha value is -2.69. The molecule has 3 rings (SSSR count). The summed E-state index contributed by atoms with van der Waals surface area (Å²) in [6.07, 6.45) is 9.89. The maximum absolute atomic E-state index is 12.4. The molecule has 33 heavy (non-hydrogen) atoms. The van der Waals surface area contributed by atoms with Gasteiger partial charge in [0.15, 0.2) is 0 Å². The number of nitrogens with two attached hydrogens (primary N) is 1. The van der Waals surface area contributed by atoms with Crippen LogP contribution < -0.4 is 16.4 Å². The number of hydrogen-bond acceptors (Lipinski definition) is 7. The Balaban J connectivity index is 1.75. The number of carbonyl (C=O) groups is 1. The average molecular weight is 459 g/mol. The molecular weight excluding hydrogens is 420 g/mol. The van der Waals surface area contributed by atoms with Gasteiger partial charge in [-0.05, 0) is 59.2 Å². The standard InChI is InChI=1S/C23H38N8O2/c1-16-19(17-12-27-30(5)15-17)14-28-31(16)21(24)11-23(2,29(3)4)18-7-8-20(26-13-18)22(33)25-9-6-10-32/h11-12,14-15,18,20,26,32H,6-10,13,24H2,1-5H3,(H,25,33)/b21-11-/t18-,20-,23?/m0/s1. The molecule has 1 fully saturated rings. The van der Waals surface area contributed by atoms with E-state index in [1.165, 1.54) is 0 Å². The van der Waals surface area contributed by atoms with Crippen LogP contribution in [0, 0.1) is 12.8 Å². The highest BCUT2D eigenvalue weighted by Crippen LogP contribution is 2.32. The van der Waals surface area contributed by atoms with Gasteiger partial charge in [-0.3, -0.25) is 9.48 Å². The van der Waals surface area contributed by atoms with Gasteiger partial charge in [0.05, 0.1) is 24.1 Å². The van der Waals surface area contributed by atoms with Gasteiger partial charge in [0.1, 0.15) is 5.82 Å². The summed E-state index contributed by atoms with van der Waals surface area (Å²) in [5.74, 6) is 0.836. The number of rotatable bonds is 9. The molecule has 5 N–H and O–H groups in total. The number of aliphatic hydroxyl groups excluding tert-OH is 1. The van der Waals surface area contributed by atoms with Crippen molar-refractivity contribution in [2.45, 2.75) is 44.7 Å². The minimum absolute atomic E-state index is 0.00129. The summed E-state index contributed by atoms with van der Waals surface area (Å²) in [5.41, 5.74) is 9.21. The van der Waals surface area contributed by atoms with Crippen molar-refractivity contribution < 1.29 is 9.90 Å². The van der Waals surface area contributed by atoms with Gasteiger partial charge in [-0.1, -0.05) is 0 Å². The van der Waals surface area contributed by atoms with E-state index in [2.05, 4.69) is 52.8 Å². The van der Waals surface area contributed by atoms with E-state index in [1.54, 1.807) is 9.36 Å². The number of carbonyl (C=O) groups excluding carboxylic acids is 1. The molecular formula is C23H38N8O2. The van der Waals surface area contributed by atoms with Crippen molar-refractivity contribution in [2.24, 2.45) is 18.7 Å². The number of likely N-dealkylation sites (N-methyl/N-ethyl adjacent to an activating group) is 1. The van der Waals surface area contributed by atoms with Crippen LogP contribution in [0.25, 0.3) is 16.9 Å². The topological polar surface area (TPSA) is 126 Å². The molecule has 1 aliphatic rings. The van der Waals surface area contributed by atoms with Crippen LogP contribution in [0.4, 0.5) is 0 Å². The highest BCUT2D eigenvalue weighted by molar-refractivity contribution is 5.81. The van der Waals surface area contributed by atoms with E-state index in [4.69, 9.17) is 10.8 Å². The van der Waals surface area contributed by atoms with Crippen molar-refractivity contribution in [1.29, 1.82) is 0 Å². The van der Waals surface area contributed by atoms with E-state index in [9.17, 15) is 4.79 Å². The first kappa shape index (κ1) is 24.9. The van der Waals surface area contributed by atoms with Gasteiger partial charge in [0.25, 0.3) is 0 Å². The van der Waals surface area contributed by atoms with E-state index in [-0.39, 0.29) is 30.0 Å². The summed E-state index contributed by atoms with van der Waals surface area (Å²) in [6, 6.07) is -0.205. The van der Waals surface area contributed by atoms with Crippen molar-refractivity contribution in [3.63, 3.8) is 0 Å². The quantitative estimate of drug-likeness (QED) is 0.404. The average Bonchev–Trinajstić information content (AvgIpc) is 3.38. The Morgan fingerprint density at radius 1 is 1.39 bits per heavy atom. The molecule has 0 aliphatic carbocycles. The van der Waals surface area contributed by atoms with Crippen molar-refractivity contribution in [2.75, 3.05) is 33.8 Å². The molecule has 10 nitrogen and oxygen atoms in total. The molecule has 10 heteroatoms. The Morgan fingerprint density at radius 2 is 2.15 bits per heavy atom. The van der Waals surface area contributed by atoms with Crippen LogP contribution in [-0.4, -0.2) is 80.8 Å². The van der Waals surface area contributed by atoms with Gasteiger partial charge in [-0.2, -0.15) is 10.2 Å². The lowest BCUT2D eigenvalue weighted by atomic mass is 9.78. The molecule has 0 spiro atoms. The molecule has 2 aromatic rings. The van der Waals surface area contributed by atoms with Crippen LogP contribution in [0.1, 0.15) is 31.9 Å². The molecule has 0 bridgehead atoms. The second-order valence-electron chi connectivity index (χ2n) is 9.25. The van der Waals surface area contributed by atoms with Gasteiger partial charge in [0, 0.05) is 49.6 Å². The third-order valence-electron chi connectivity index (χ3n) is 6.87. The van der Waals surface area contributed by atoms with E-state index in [0.29, 0.717) is 25.3 Å². The number of aromatic nitrogens is 4. The van der Waals surface area contributed by atoms with Gasteiger partial charge in [0.2, 0.25) is 5.91 Å². The summed E-state index contributed by atoms with van der Waals surface area (Å²) in [7, 11) is 5.99. The Morgan fingerprint density at radius 3 is 2.73 bits per heavy atom. The lowest BCUT2D eigenvalue weighted by Crippen LogP contribution is -2.56. The first-order valence-corrected chi connectivity index (χ1v) is 11.5. The fourth-order valence-corrected chi connectivity index (χ4v) is 4.48. The maximum Gasteiger partial charge on any atom is 0.237 e. The van der Waals surface area contributed by atoms with Crippen molar-refractivity contribution >= 4 is 11.7 Å². The SMILES string of the molecule is Cc1c(-c2cnn(C)c2)cnn1/C(N)=C\C(C)([C@H]1CC[C@@H](C(=O)NCCCO)NC1)N(C)C. The van der Waals surface area contributed by atoms with E-state index >= 15 is 0 Å². The van der Waals surface area contributed by atoms with Gasteiger partial charge in [-0.15, -0.1) is 0 Å². The molecule has 1 amide bonds. The Bertz CT molecular complexity index is 971. The number of nitrogens with one attached hydrogen (secondary N) is 2. The predicted octanol–water partition coefficient (Wildman–Crippen LogP) is 0.536. The number of piperidine rings is 1. The van der Waals surface area contributed by atoms with Crippen LogP contribution in [0.3, 0.4) is 0 Å². The minimum atomic E-state index is -0.331. The van der Waals surface area contributed by atoms with Crippen molar-refractivity contribution in [3.05, 3.63) is 30.4 Å². The number of aliphatic hydroxyl groups is 1. The molecule has 3 atom stereocenters. The molecule has 1 saturated heterocycles. The first-order valence-electron chi connectivity index (χ1n) is 11.5. The first-order chi connectivity index (χ1) is 15.7. The van der Waals surface area contributed by atoms with Gasteiger partial charge in [-0.25, -0.2) is 4.68 Å². The minimum Gasteiger partial charge on any atom is -0.396 e. The molecule has 3 heterocycles. The monoisotopic (exact) mass is 458 g/mol. The zero-order valence-electron chi connectivity index (χ0n) is 20.4. The Kier molecular flexibility index (Phi) is 7.93. The third-order valence-corrected chi connectivity index (χ3v) is 6.87. The van der Waals surface area contributed by atoms with Crippen LogP contribution in [-0.2, 0) is 11.8 Å². The molecule has 1 aliphatic heterocycles. The van der Waals surface area contributed by atoms with Gasteiger partial charge < -0.3 is 26.4 Å². The summed E-state index contributed by atoms with van der Waals surface area (Å²) in [6.45, 7) is 5.46. The van der Waals surface area contributed by atoms with Crippen LogP contribution in [0.2, 0.25) is 0 Å². The second kappa shape index (κ2) is 10.5. The highest BCUT2D eigenvalue weighted by Gasteiger charge is 2.38. The number of aryl methyl sites for hydroxylation is 1. The smallest absolute Gasteiger partial charge is 0.237 e. The van der Waals surface area contributed by atoms with Crippen LogP contribution in [0.5, 0.6) is 0 Å². The molecule has 1 unspecified atom stereocenters. The third kappa shape index (κ3) is 5.45. The molecule has 0 radical (unpaired) electrons. The van der Waals surface area contributed by atoms with Gasteiger partial charge >= 0.3 is 0 Å². The summed E-state index contributed by atoms with van der Waals surface area (Å²) < 4.78 is 3.54. The summed E-state index contributed by atoms with van der Waals surface area (Å²) in [4.78, 5) is 14.5. The number of nitrogens with zero attached hydrogens (tertiary/aromatic N) is 5. The summed E-state index contributed by atoms with van der Waals surface area (Å²) in [5, 5.41) is 24.0. The molecule has 0 saturated carbocycles. The highest BCUT2D eigenvalue weighted by atomic mass is 16.3. The zero-order valence-corrected chi connectivity index (χ0v) is 20.4. The molecule has 0 aromatic carbocycles. The predicted molar refractivity (Wildman–Crippen MR) is 129 cm³/mol. The summed E-state index contributed by atoms with van der Waals surface area (Å²) >= 11 is 0. The van der Waals surface area contributed by atoms with Crippen LogP contribution >= 0.6 is 0 Å². The number of amides is 1. The maximum atomic E-state index is 12.4. The van der Waals surface area contributed by atoms with Crippen LogP contribution in [0.15, 0.2) is 24.7 Å². The molecule has 182 valence electrons. The van der Waals surface area contributed by atoms with E-state index < -0.39 is 0 Å². The largest absolute Gasteiger partial charge is 0.396 e. The van der Waals surface area contributed by atoms with Crippen molar-refractivity contribution in [1.82, 2.24) is 35.1 Å². The Labute approximate surface area is 195 Å². The van der Waals surface area contributed by atoms with E-state index in [0.717, 1.165) is 29.7 Å². The fourth-order valence-electron chi connectivity index (χ4n) is 4.48. The second-order valence-corrected chi connectivity index (χ2v) is 9.25. The zero-order chi connectivity index (χ0) is 24.2. The lowest BCUT2D eigenvalue weighted by Gasteiger charge is -2.44. The van der Waals surface area contributed by atoms with E-state index in [1.807, 2.05) is 32.6 Å².